The van der Waals surface area contributed by atoms with Gasteiger partial charge in [0.05, 0.1) is 6.54 Å². The molecule has 0 aromatic heterocycles. The molecule has 72 valence electrons. The molecule has 0 aromatic carbocycles. The second kappa shape index (κ2) is 2.83. The van der Waals surface area contributed by atoms with Crippen molar-refractivity contribution in [2.24, 2.45) is 0 Å². The molecule has 1 aliphatic rings. The van der Waals surface area contributed by atoms with E-state index in [0.717, 1.165) is 4.90 Å². The monoisotopic (exact) mass is 185 g/mol. The first-order valence-electron chi connectivity index (χ1n) is 4.01. The van der Waals surface area contributed by atoms with Crippen LogP contribution in [0, 0.1) is 0 Å². The van der Waals surface area contributed by atoms with E-state index in [1.54, 1.807) is 6.92 Å². The molecule has 5 nitrogen and oxygen atoms in total. The van der Waals surface area contributed by atoms with Crippen LogP contribution in [0.25, 0.3) is 0 Å². The molecule has 0 saturated carbocycles. The first kappa shape index (κ1) is 9.70. The van der Waals surface area contributed by atoms with Gasteiger partial charge in [-0.05, 0) is 6.92 Å². The van der Waals surface area contributed by atoms with Crippen LogP contribution >= 0.6 is 0 Å². The van der Waals surface area contributed by atoms with Crippen LogP contribution < -0.4 is 0 Å². The van der Waals surface area contributed by atoms with Crippen LogP contribution in [0.3, 0.4) is 0 Å². The van der Waals surface area contributed by atoms with Gasteiger partial charge in [0, 0.05) is 6.42 Å². The van der Waals surface area contributed by atoms with Crippen LogP contribution in [0.4, 0.5) is 4.79 Å². The number of carboxylic acid groups (broad SMARTS) is 1. The maximum Gasteiger partial charge on any atom is 0.408 e. The summed E-state index contributed by atoms with van der Waals surface area (Å²) in [6.45, 7) is 2.80. The lowest BCUT2D eigenvalue weighted by atomic mass is 9.80. The van der Waals surface area contributed by atoms with Gasteiger partial charge in [0.25, 0.3) is 0 Å². The summed E-state index contributed by atoms with van der Waals surface area (Å²) in [6, 6.07) is 0. The average Bonchev–Trinajstić information content (AvgIpc) is 2.10. The minimum Gasteiger partial charge on any atom is -0.465 e. The maximum atomic E-state index is 11.3. The molecule has 1 aliphatic heterocycles. The Morgan fingerprint density at radius 2 is 2.15 bits per heavy atom. The third kappa shape index (κ3) is 1.11. The summed E-state index contributed by atoms with van der Waals surface area (Å²) >= 11 is 0. The van der Waals surface area contributed by atoms with Gasteiger partial charge in [-0.2, -0.15) is 0 Å². The van der Waals surface area contributed by atoms with Gasteiger partial charge in [0.15, 0.2) is 17.1 Å². The number of nitrogens with zero attached hydrogens (tertiary/aromatic N) is 1. The Morgan fingerprint density at radius 1 is 1.62 bits per heavy atom. The van der Waals surface area contributed by atoms with Crippen molar-refractivity contribution in [1.29, 1.82) is 0 Å². The van der Waals surface area contributed by atoms with E-state index >= 15 is 0 Å². The minimum atomic E-state index is -1.42. The van der Waals surface area contributed by atoms with E-state index in [2.05, 4.69) is 0 Å². The Morgan fingerprint density at radius 3 is 2.46 bits per heavy atom. The van der Waals surface area contributed by atoms with E-state index in [1.165, 1.54) is 6.92 Å². The van der Waals surface area contributed by atoms with Crippen LogP contribution in [0.1, 0.15) is 20.3 Å². The first-order chi connectivity index (χ1) is 5.94. The van der Waals surface area contributed by atoms with Crippen molar-refractivity contribution < 1.29 is 19.5 Å². The third-order valence-electron chi connectivity index (χ3n) is 2.48. The molecule has 0 bridgehead atoms. The van der Waals surface area contributed by atoms with Gasteiger partial charge in [-0.1, -0.05) is 6.92 Å². The summed E-state index contributed by atoms with van der Waals surface area (Å²) in [5.74, 6) is -0.659. The summed E-state index contributed by atoms with van der Waals surface area (Å²) in [4.78, 5) is 33.9. The zero-order chi connectivity index (χ0) is 10.2. The van der Waals surface area contributed by atoms with Crippen LogP contribution in [0.5, 0.6) is 0 Å². The van der Waals surface area contributed by atoms with Gasteiger partial charge >= 0.3 is 6.09 Å². The molecule has 1 rings (SSSR count). The highest BCUT2D eigenvalue weighted by Gasteiger charge is 2.56. The molecular formula is C8H11NO4. The number of hydrogen-bond donors (Lipinski definition) is 1. The van der Waals surface area contributed by atoms with E-state index in [1.807, 2.05) is 0 Å². The van der Waals surface area contributed by atoms with Crippen molar-refractivity contribution in [2.45, 2.75) is 25.8 Å². The Balaban J connectivity index is 2.92. The first-order valence-corrected chi connectivity index (χ1v) is 4.01. The quantitative estimate of drug-likeness (QED) is 0.627. The lowest BCUT2D eigenvalue weighted by Gasteiger charge is -2.45. The molecule has 1 saturated heterocycles. The summed E-state index contributed by atoms with van der Waals surface area (Å²) in [5.41, 5.74) is -1.42. The molecule has 13 heavy (non-hydrogen) atoms. The van der Waals surface area contributed by atoms with Gasteiger partial charge in [-0.15, -0.1) is 0 Å². The molecule has 0 radical (unpaired) electrons. The number of hydrogen-bond acceptors (Lipinski definition) is 3. The van der Waals surface area contributed by atoms with Gasteiger partial charge < -0.3 is 5.11 Å². The van der Waals surface area contributed by atoms with Gasteiger partial charge in [-0.3, -0.25) is 14.5 Å². The molecule has 1 atom stereocenters. The van der Waals surface area contributed by atoms with Crippen molar-refractivity contribution in [2.75, 3.05) is 6.54 Å². The standard InChI is InChI=1S/C8H11NO4/c1-3-5(10)8(2)6(11)4-9(8)7(12)13/h3-4H2,1-2H3,(H,12,13). The Hall–Kier alpha value is -1.39. The molecule has 1 N–H and O–H groups in total. The fourth-order valence-corrected chi connectivity index (χ4v) is 1.42. The van der Waals surface area contributed by atoms with Crippen LogP contribution in [0.2, 0.25) is 0 Å². The van der Waals surface area contributed by atoms with Crippen molar-refractivity contribution >= 4 is 17.7 Å². The van der Waals surface area contributed by atoms with E-state index in [-0.39, 0.29) is 24.5 Å². The van der Waals surface area contributed by atoms with Gasteiger partial charge in [0.1, 0.15) is 0 Å². The zero-order valence-electron chi connectivity index (χ0n) is 7.53. The molecule has 1 heterocycles. The molecule has 5 heteroatoms. The Labute approximate surface area is 75.3 Å². The van der Waals surface area contributed by atoms with Crippen molar-refractivity contribution in [1.82, 2.24) is 4.90 Å². The maximum absolute atomic E-state index is 11.3. The van der Waals surface area contributed by atoms with Crippen molar-refractivity contribution in [3.05, 3.63) is 0 Å². The highest BCUT2D eigenvalue weighted by atomic mass is 16.4. The molecule has 1 fully saturated rings. The van der Waals surface area contributed by atoms with Gasteiger partial charge in [-0.25, -0.2) is 4.79 Å². The summed E-state index contributed by atoms with van der Waals surface area (Å²) in [7, 11) is 0. The number of Topliss-reactive ketones (excluding diaryl/α,β-unsaturated/α-hetero) is 2. The lowest BCUT2D eigenvalue weighted by Crippen LogP contribution is -2.71. The number of amides is 1. The highest BCUT2D eigenvalue weighted by Crippen LogP contribution is 2.28. The van der Waals surface area contributed by atoms with Crippen LogP contribution in [0.15, 0.2) is 0 Å². The van der Waals surface area contributed by atoms with E-state index in [4.69, 9.17) is 5.11 Å². The number of rotatable bonds is 2. The minimum absolute atomic E-state index is 0.169. The Bertz CT molecular complexity index is 286. The fourth-order valence-electron chi connectivity index (χ4n) is 1.42. The topological polar surface area (TPSA) is 74.7 Å². The third-order valence-corrected chi connectivity index (χ3v) is 2.48. The SMILES string of the molecule is CCC(=O)C1(C)C(=O)CN1C(=O)O. The van der Waals surface area contributed by atoms with Crippen molar-refractivity contribution in [3.63, 3.8) is 0 Å². The molecule has 1 amide bonds. The Kier molecular flexibility index (Phi) is 2.11. The predicted octanol–water partition coefficient (Wildman–Crippen LogP) is 0.287. The molecule has 1 unspecified atom stereocenters. The second-order valence-corrected chi connectivity index (χ2v) is 3.14. The molecule has 0 spiro atoms. The van der Waals surface area contributed by atoms with E-state index in [0.29, 0.717) is 0 Å². The summed E-state index contributed by atoms with van der Waals surface area (Å²) in [5, 5.41) is 8.65. The molecule has 0 aromatic rings. The van der Waals surface area contributed by atoms with Crippen LogP contribution in [-0.4, -0.2) is 39.7 Å². The number of carbonyl (C=O) groups excluding carboxylic acids is 2. The summed E-state index contributed by atoms with van der Waals surface area (Å²) < 4.78 is 0. The summed E-state index contributed by atoms with van der Waals surface area (Å²) in [6.07, 6.45) is -1.05. The largest absolute Gasteiger partial charge is 0.465 e. The molecule has 0 aliphatic carbocycles. The molecular weight excluding hydrogens is 174 g/mol. The van der Waals surface area contributed by atoms with E-state index in [9.17, 15) is 14.4 Å². The second-order valence-electron chi connectivity index (χ2n) is 3.14. The number of ketones is 2. The predicted molar refractivity (Wildman–Crippen MR) is 43.4 cm³/mol. The van der Waals surface area contributed by atoms with Crippen LogP contribution in [-0.2, 0) is 9.59 Å². The number of carbonyl (C=O) groups is 3. The van der Waals surface area contributed by atoms with Crippen molar-refractivity contribution in [3.8, 4) is 0 Å². The zero-order valence-corrected chi connectivity index (χ0v) is 7.53. The lowest BCUT2D eigenvalue weighted by molar-refractivity contribution is -0.153. The number of likely N-dealkylation sites (tertiary alicyclic amines) is 1. The highest BCUT2D eigenvalue weighted by molar-refractivity contribution is 6.18. The fraction of sp³-hybridized carbons (Fsp3) is 0.625. The smallest absolute Gasteiger partial charge is 0.408 e. The average molecular weight is 185 g/mol. The van der Waals surface area contributed by atoms with Gasteiger partial charge in [0.2, 0.25) is 0 Å². The van der Waals surface area contributed by atoms with E-state index < -0.39 is 11.6 Å². The normalized spacial score (nSPS) is 26.9.